The lowest BCUT2D eigenvalue weighted by Gasteiger charge is -2.18. The molecule has 3 heteroatoms. The van der Waals surface area contributed by atoms with E-state index in [1.165, 1.54) is 11.1 Å². The highest BCUT2D eigenvalue weighted by Crippen LogP contribution is 2.29. The molecule has 1 amide bonds. The van der Waals surface area contributed by atoms with Crippen molar-refractivity contribution in [3.63, 3.8) is 0 Å². The van der Waals surface area contributed by atoms with E-state index in [9.17, 15) is 4.79 Å². The number of carbonyl (C=O) groups excluding carboxylic acids is 1. The number of nitrogens with zero attached hydrogens (tertiary/aromatic N) is 1. The third-order valence-electron chi connectivity index (χ3n) is 3.95. The molecule has 1 fully saturated rings. The van der Waals surface area contributed by atoms with Gasteiger partial charge in [0.2, 0.25) is 5.91 Å². The average molecular weight is 280 g/mol. The van der Waals surface area contributed by atoms with Gasteiger partial charge >= 0.3 is 0 Å². The monoisotopic (exact) mass is 280 g/mol. The summed E-state index contributed by atoms with van der Waals surface area (Å²) in [6.45, 7) is 0.689. The molecule has 108 valence electrons. The van der Waals surface area contributed by atoms with Gasteiger partial charge in [0.15, 0.2) is 0 Å². The zero-order chi connectivity index (χ0) is 14.5. The predicted octanol–water partition coefficient (Wildman–Crippen LogP) is 2.93. The Morgan fingerprint density at radius 3 is 2.67 bits per heavy atom. The van der Waals surface area contributed by atoms with Crippen molar-refractivity contribution in [3.05, 3.63) is 66.0 Å². The summed E-state index contributed by atoms with van der Waals surface area (Å²) >= 11 is 0. The van der Waals surface area contributed by atoms with E-state index < -0.39 is 0 Å². The van der Waals surface area contributed by atoms with Gasteiger partial charge in [-0.3, -0.25) is 9.78 Å². The molecule has 3 nitrogen and oxygen atoms in total. The van der Waals surface area contributed by atoms with Crippen molar-refractivity contribution in [2.24, 2.45) is 5.92 Å². The molecule has 1 aliphatic rings. The van der Waals surface area contributed by atoms with Crippen LogP contribution in [0.3, 0.4) is 0 Å². The second kappa shape index (κ2) is 6.53. The Bertz CT molecular complexity index is 579. The molecule has 0 bridgehead atoms. The summed E-state index contributed by atoms with van der Waals surface area (Å²) in [6, 6.07) is 14.4. The Labute approximate surface area is 125 Å². The van der Waals surface area contributed by atoms with E-state index >= 15 is 0 Å². The number of pyridine rings is 1. The molecule has 21 heavy (non-hydrogen) atoms. The maximum Gasteiger partial charge on any atom is 0.223 e. The van der Waals surface area contributed by atoms with Crippen LogP contribution in [0.25, 0.3) is 0 Å². The first kappa shape index (κ1) is 13.8. The molecule has 1 aliphatic carbocycles. The lowest BCUT2D eigenvalue weighted by atomic mass is 9.92. The molecular weight excluding hydrogens is 260 g/mol. The molecule has 1 unspecified atom stereocenters. The van der Waals surface area contributed by atoms with Gasteiger partial charge < -0.3 is 5.32 Å². The highest BCUT2D eigenvalue weighted by atomic mass is 16.2. The largest absolute Gasteiger partial charge is 0.355 e. The van der Waals surface area contributed by atoms with Crippen molar-refractivity contribution in [2.75, 3.05) is 6.54 Å². The first-order valence-electron chi connectivity index (χ1n) is 7.54. The van der Waals surface area contributed by atoms with Crippen LogP contribution in [0.1, 0.15) is 29.9 Å². The van der Waals surface area contributed by atoms with Crippen molar-refractivity contribution in [1.29, 1.82) is 0 Å². The summed E-state index contributed by atoms with van der Waals surface area (Å²) in [5.74, 6) is 0.764. The second-order valence-electron chi connectivity index (χ2n) is 5.69. The van der Waals surface area contributed by atoms with E-state index in [1.807, 2.05) is 30.5 Å². The molecule has 3 rings (SSSR count). The van der Waals surface area contributed by atoms with Crippen LogP contribution in [0.4, 0.5) is 0 Å². The predicted molar refractivity (Wildman–Crippen MR) is 82.9 cm³/mol. The summed E-state index contributed by atoms with van der Waals surface area (Å²) in [4.78, 5) is 16.0. The molecule has 0 spiro atoms. The zero-order valence-electron chi connectivity index (χ0n) is 12.0. The number of nitrogens with one attached hydrogen (secondary N) is 1. The van der Waals surface area contributed by atoms with Crippen LogP contribution >= 0.6 is 0 Å². The van der Waals surface area contributed by atoms with Crippen LogP contribution in [0.5, 0.6) is 0 Å². The quantitative estimate of drug-likeness (QED) is 0.884. The first-order valence-corrected chi connectivity index (χ1v) is 7.54. The first-order chi connectivity index (χ1) is 10.3. The topological polar surface area (TPSA) is 42.0 Å². The van der Waals surface area contributed by atoms with Gasteiger partial charge in [-0.2, -0.15) is 0 Å². The minimum absolute atomic E-state index is 0.210. The normalized spacial score (nSPS) is 15.4. The van der Waals surface area contributed by atoms with Gasteiger partial charge in [0, 0.05) is 30.8 Å². The third kappa shape index (κ3) is 3.91. The van der Waals surface area contributed by atoms with Crippen molar-refractivity contribution in [2.45, 2.75) is 25.2 Å². The number of aromatic nitrogens is 1. The maximum absolute atomic E-state index is 11.9. The Morgan fingerprint density at radius 1 is 1.19 bits per heavy atom. The highest BCUT2D eigenvalue weighted by molar-refractivity contribution is 5.80. The van der Waals surface area contributed by atoms with Crippen LogP contribution in [0.15, 0.2) is 54.9 Å². The Balaban J connectivity index is 1.69. The molecule has 1 heterocycles. The van der Waals surface area contributed by atoms with Crippen molar-refractivity contribution in [3.8, 4) is 0 Å². The summed E-state index contributed by atoms with van der Waals surface area (Å²) < 4.78 is 0. The summed E-state index contributed by atoms with van der Waals surface area (Å²) in [5.41, 5.74) is 2.46. The van der Waals surface area contributed by atoms with E-state index in [0.29, 0.717) is 6.54 Å². The number of rotatable bonds is 6. The van der Waals surface area contributed by atoms with E-state index in [1.54, 1.807) is 6.20 Å². The van der Waals surface area contributed by atoms with E-state index in [-0.39, 0.29) is 17.7 Å². The molecule has 1 N–H and O–H groups in total. The zero-order valence-corrected chi connectivity index (χ0v) is 12.0. The molecule has 0 radical (unpaired) electrons. The number of benzene rings is 1. The number of carbonyl (C=O) groups is 1. The van der Waals surface area contributed by atoms with Crippen molar-refractivity contribution < 1.29 is 4.79 Å². The molecule has 1 aromatic carbocycles. The summed E-state index contributed by atoms with van der Waals surface area (Å²) in [7, 11) is 0. The minimum atomic E-state index is 0.210. The molecule has 2 aromatic rings. The van der Waals surface area contributed by atoms with Gasteiger partial charge in [-0.05, 0) is 36.5 Å². The molecule has 0 saturated heterocycles. The van der Waals surface area contributed by atoms with Gasteiger partial charge in [0.05, 0.1) is 0 Å². The molecule has 1 aromatic heterocycles. The van der Waals surface area contributed by atoms with Crippen LogP contribution in [-0.4, -0.2) is 17.4 Å². The van der Waals surface area contributed by atoms with Crippen LogP contribution in [-0.2, 0) is 11.2 Å². The smallest absolute Gasteiger partial charge is 0.223 e. The fourth-order valence-electron chi connectivity index (χ4n) is 2.55. The lowest BCUT2D eigenvalue weighted by Crippen LogP contribution is -2.30. The summed E-state index contributed by atoms with van der Waals surface area (Å²) in [5, 5.41) is 3.10. The molecular formula is C18H20N2O. The van der Waals surface area contributed by atoms with E-state index in [4.69, 9.17) is 0 Å². The SMILES string of the molecule is O=C(NCC(Cc1cccnc1)c1ccccc1)C1CC1. The maximum atomic E-state index is 11.9. The van der Waals surface area contributed by atoms with Gasteiger partial charge in [-0.25, -0.2) is 0 Å². The van der Waals surface area contributed by atoms with E-state index in [0.717, 1.165) is 19.3 Å². The fraction of sp³-hybridized carbons (Fsp3) is 0.333. The Morgan fingerprint density at radius 2 is 2.00 bits per heavy atom. The number of hydrogen-bond donors (Lipinski definition) is 1. The molecule has 0 aliphatic heterocycles. The fourth-order valence-corrected chi connectivity index (χ4v) is 2.55. The van der Waals surface area contributed by atoms with Gasteiger partial charge in [-0.15, -0.1) is 0 Å². The molecule has 1 saturated carbocycles. The van der Waals surface area contributed by atoms with Crippen LogP contribution in [0, 0.1) is 5.92 Å². The van der Waals surface area contributed by atoms with Gasteiger partial charge in [0.1, 0.15) is 0 Å². The van der Waals surface area contributed by atoms with Crippen LogP contribution < -0.4 is 5.32 Å². The second-order valence-corrected chi connectivity index (χ2v) is 5.69. The minimum Gasteiger partial charge on any atom is -0.355 e. The van der Waals surface area contributed by atoms with Crippen molar-refractivity contribution >= 4 is 5.91 Å². The Kier molecular flexibility index (Phi) is 4.29. The lowest BCUT2D eigenvalue weighted by molar-refractivity contribution is -0.122. The van der Waals surface area contributed by atoms with Crippen LogP contribution in [0.2, 0.25) is 0 Å². The van der Waals surface area contributed by atoms with E-state index in [2.05, 4.69) is 28.5 Å². The average Bonchev–Trinajstić information content (AvgIpc) is 3.38. The third-order valence-corrected chi connectivity index (χ3v) is 3.95. The van der Waals surface area contributed by atoms with Gasteiger partial charge in [0.25, 0.3) is 0 Å². The highest BCUT2D eigenvalue weighted by Gasteiger charge is 2.29. The number of amides is 1. The number of hydrogen-bond acceptors (Lipinski definition) is 2. The summed E-state index contributed by atoms with van der Waals surface area (Å²) in [6.07, 6.45) is 6.67. The molecule has 1 atom stereocenters. The van der Waals surface area contributed by atoms with Gasteiger partial charge in [-0.1, -0.05) is 36.4 Å². The Hall–Kier alpha value is -2.16. The van der Waals surface area contributed by atoms with Crippen molar-refractivity contribution in [1.82, 2.24) is 10.3 Å². The standard InChI is InChI=1S/C18H20N2O/c21-18(16-8-9-16)20-13-17(15-6-2-1-3-7-15)11-14-5-4-10-19-12-14/h1-7,10,12,16-17H,8-9,11,13H2,(H,20,21).